The Morgan fingerprint density at radius 2 is 1.83 bits per heavy atom. The number of nitrogens with zero attached hydrogens (tertiary/aromatic N) is 1. The van der Waals surface area contributed by atoms with Gasteiger partial charge in [0.05, 0.1) is 17.1 Å². The van der Waals surface area contributed by atoms with E-state index in [2.05, 4.69) is 15.6 Å². The van der Waals surface area contributed by atoms with Crippen molar-refractivity contribution in [3.05, 3.63) is 70.5 Å². The second kappa shape index (κ2) is 9.47. The predicted octanol–water partition coefficient (Wildman–Crippen LogP) is 4.44. The summed E-state index contributed by atoms with van der Waals surface area (Å²) in [5.41, 5.74) is 3.43. The third kappa shape index (κ3) is 5.74. The third-order valence-corrected chi connectivity index (χ3v) is 5.29. The van der Waals surface area contributed by atoms with E-state index in [4.69, 9.17) is 0 Å². The van der Waals surface area contributed by atoms with E-state index in [1.807, 2.05) is 80.7 Å². The van der Waals surface area contributed by atoms with Gasteiger partial charge in [-0.25, -0.2) is 4.98 Å². The first-order chi connectivity index (χ1) is 13.9. The summed E-state index contributed by atoms with van der Waals surface area (Å²) >= 11 is 1.59. The van der Waals surface area contributed by atoms with Crippen LogP contribution in [-0.4, -0.2) is 22.8 Å². The first-order valence-electron chi connectivity index (χ1n) is 9.59. The number of benzene rings is 2. The summed E-state index contributed by atoms with van der Waals surface area (Å²) in [4.78, 5) is 29.8. The molecule has 3 aromatic rings. The standard InChI is InChI=1S/C23H25N3O2S/c1-15(2)22(26-21(27)12-17-8-5-4-6-9-17)23(28)25-19-11-7-10-18(13-19)20-14-29-16(3)24-20/h4-11,13-15,22H,12H2,1-3H3,(H,25,28)(H,26,27)/t22-/m0/s1. The summed E-state index contributed by atoms with van der Waals surface area (Å²) < 4.78 is 0. The average Bonchev–Trinajstić information content (AvgIpc) is 3.13. The minimum absolute atomic E-state index is 0.0425. The quantitative estimate of drug-likeness (QED) is 0.608. The first kappa shape index (κ1) is 20.7. The Morgan fingerprint density at radius 3 is 2.48 bits per heavy atom. The van der Waals surface area contributed by atoms with Crippen LogP contribution in [0.15, 0.2) is 60.0 Å². The molecule has 1 heterocycles. The Hall–Kier alpha value is -2.99. The van der Waals surface area contributed by atoms with Crippen molar-refractivity contribution >= 4 is 28.8 Å². The molecule has 0 fully saturated rings. The number of amides is 2. The number of rotatable bonds is 7. The van der Waals surface area contributed by atoms with Crippen LogP contribution in [0.1, 0.15) is 24.4 Å². The molecule has 5 nitrogen and oxygen atoms in total. The van der Waals surface area contributed by atoms with Gasteiger partial charge in [0.15, 0.2) is 0 Å². The van der Waals surface area contributed by atoms with Crippen LogP contribution in [-0.2, 0) is 16.0 Å². The molecule has 0 aliphatic heterocycles. The molecule has 0 unspecified atom stereocenters. The molecule has 2 aromatic carbocycles. The van der Waals surface area contributed by atoms with E-state index in [9.17, 15) is 9.59 Å². The molecule has 2 N–H and O–H groups in total. The number of carbonyl (C=O) groups is 2. The third-order valence-electron chi connectivity index (χ3n) is 4.52. The van der Waals surface area contributed by atoms with Gasteiger partial charge >= 0.3 is 0 Å². The van der Waals surface area contributed by atoms with E-state index in [1.54, 1.807) is 11.3 Å². The molecule has 0 spiro atoms. The molecular weight excluding hydrogens is 382 g/mol. The van der Waals surface area contributed by atoms with Crippen LogP contribution in [0.5, 0.6) is 0 Å². The molecule has 2 amide bonds. The zero-order valence-corrected chi connectivity index (χ0v) is 17.6. The summed E-state index contributed by atoms with van der Waals surface area (Å²) in [6.07, 6.45) is 0.246. The number of hydrogen-bond donors (Lipinski definition) is 2. The summed E-state index contributed by atoms with van der Waals surface area (Å²) in [5, 5.41) is 8.80. The SMILES string of the molecule is Cc1nc(-c2cccc(NC(=O)[C@@H](NC(=O)Cc3ccccc3)C(C)C)c2)cs1. The highest BCUT2D eigenvalue weighted by Gasteiger charge is 2.24. The highest BCUT2D eigenvalue weighted by molar-refractivity contribution is 7.09. The molecule has 1 aromatic heterocycles. The highest BCUT2D eigenvalue weighted by Crippen LogP contribution is 2.24. The van der Waals surface area contributed by atoms with Crippen LogP contribution in [0.25, 0.3) is 11.3 Å². The van der Waals surface area contributed by atoms with Gasteiger partial charge in [-0.3, -0.25) is 9.59 Å². The van der Waals surface area contributed by atoms with Gasteiger partial charge in [-0.15, -0.1) is 11.3 Å². The molecule has 0 saturated heterocycles. The Bertz CT molecular complexity index is 983. The molecule has 0 aliphatic carbocycles. The molecule has 0 bridgehead atoms. The van der Waals surface area contributed by atoms with Gasteiger partial charge in [-0.05, 0) is 30.5 Å². The Balaban J connectivity index is 1.67. The fourth-order valence-corrected chi connectivity index (χ4v) is 3.64. The van der Waals surface area contributed by atoms with Gasteiger partial charge in [-0.1, -0.05) is 56.3 Å². The van der Waals surface area contributed by atoms with Crippen molar-refractivity contribution in [1.82, 2.24) is 10.3 Å². The van der Waals surface area contributed by atoms with E-state index < -0.39 is 6.04 Å². The van der Waals surface area contributed by atoms with Crippen molar-refractivity contribution in [1.29, 1.82) is 0 Å². The van der Waals surface area contributed by atoms with Crippen molar-refractivity contribution in [3.8, 4) is 11.3 Å². The Kier molecular flexibility index (Phi) is 6.77. The van der Waals surface area contributed by atoms with Crippen LogP contribution in [0.4, 0.5) is 5.69 Å². The molecule has 3 rings (SSSR count). The number of aryl methyl sites for hydroxylation is 1. The zero-order chi connectivity index (χ0) is 20.8. The summed E-state index contributed by atoms with van der Waals surface area (Å²) in [6, 6.07) is 16.5. The molecular formula is C23H25N3O2S. The van der Waals surface area contributed by atoms with Gasteiger partial charge in [0.2, 0.25) is 11.8 Å². The molecule has 0 saturated carbocycles. The monoisotopic (exact) mass is 407 g/mol. The fourth-order valence-electron chi connectivity index (χ4n) is 3.01. The lowest BCUT2D eigenvalue weighted by atomic mass is 10.0. The van der Waals surface area contributed by atoms with Gasteiger partial charge in [0.25, 0.3) is 0 Å². The van der Waals surface area contributed by atoms with Gasteiger partial charge < -0.3 is 10.6 Å². The molecule has 0 aliphatic rings. The van der Waals surface area contributed by atoms with Crippen molar-refractivity contribution in [2.45, 2.75) is 33.2 Å². The van der Waals surface area contributed by atoms with Gasteiger partial charge in [-0.2, -0.15) is 0 Å². The summed E-state index contributed by atoms with van der Waals surface area (Å²) in [5.74, 6) is -0.441. The minimum Gasteiger partial charge on any atom is -0.344 e. The molecule has 1 atom stereocenters. The number of aromatic nitrogens is 1. The van der Waals surface area contributed by atoms with E-state index in [-0.39, 0.29) is 24.2 Å². The second-order valence-corrected chi connectivity index (χ2v) is 8.34. The second-order valence-electron chi connectivity index (χ2n) is 7.27. The van der Waals surface area contributed by atoms with Crippen molar-refractivity contribution in [3.63, 3.8) is 0 Å². The summed E-state index contributed by atoms with van der Waals surface area (Å²) in [6.45, 7) is 5.80. The number of anilines is 1. The maximum Gasteiger partial charge on any atom is 0.247 e. The van der Waals surface area contributed by atoms with Crippen LogP contribution < -0.4 is 10.6 Å². The van der Waals surface area contributed by atoms with E-state index in [0.29, 0.717) is 5.69 Å². The maximum absolute atomic E-state index is 12.9. The lowest BCUT2D eigenvalue weighted by molar-refractivity contribution is -0.127. The Morgan fingerprint density at radius 1 is 1.07 bits per heavy atom. The van der Waals surface area contributed by atoms with E-state index in [1.165, 1.54) is 0 Å². The zero-order valence-electron chi connectivity index (χ0n) is 16.8. The van der Waals surface area contributed by atoms with Crippen molar-refractivity contribution < 1.29 is 9.59 Å². The Labute approximate surface area is 175 Å². The van der Waals surface area contributed by atoms with Crippen LogP contribution in [0.3, 0.4) is 0 Å². The van der Waals surface area contributed by atoms with Gasteiger partial charge in [0, 0.05) is 16.6 Å². The van der Waals surface area contributed by atoms with Crippen molar-refractivity contribution in [2.24, 2.45) is 5.92 Å². The first-order valence-corrected chi connectivity index (χ1v) is 10.5. The fraction of sp³-hybridized carbons (Fsp3) is 0.261. The number of hydrogen-bond acceptors (Lipinski definition) is 4. The predicted molar refractivity (Wildman–Crippen MR) is 118 cm³/mol. The lowest BCUT2D eigenvalue weighted by Gasteiger charge is -2.22. The largest absolute Gasteiger partial charge is 0.344 e. The van der Waals surface area contributed by atoms with Gasteiger partial charge in [0.1, 0.15) is 6.04 Å². The number of nitrogens with one attached hydrogen (secondary N) is 2. The maximum atomic E-state index is 12.9. The molecule has 29 heavy (non-hydrogen) atoms. The average molecular weight is 408 g/mol. The minimum atomic E-state index is -0.614. The smallest absolute Gasteiger partial charge is 0.247 e. The summed E-state index contributed by atoms with van der Waals surface area (Å²) in [7, 11) is 0. The number of carbonyl (C=O) groups excluding carboxylic acids is 2. The molecule has 6 heteroatoms. The van der Waals surface area contributed by atoms with E-state index >= 15 is 0 Å². The van der Waals surface area contributed by atoms with Crippen LogP contribution in [0, 0.1) is 12.8 Å². The number of thiazole rings is 1. The lowest BCUT2D eigenvalue weighted by Crippen LogP contribution is -2.47. The van der Waals surface area contributed by atoms with Crippen LogP contribution >= 0.6 is 11.3 Å². The topological polar surface area (TPSA) is 71.1 Å². The van der Waals surface area contributed by atoms with Crippen molar-refractivity contribution in [2.75, 3.05) is 5.32 Å². The highest BCUT2D eigenvalue weighted by atomic mass is 32.1. The molecule has 150 valence electrons. The normalized spacial score (nSPS) is 11.9. The molecule has 0 radical (unpaired) electrons. The van der Waals surface area contributed by atoms with E-state index in [0.717, 1.165) is 21.8 Å². The van der Waals surface area contributed by atoms with Crippen LogP contribution in [0.2, 0.25) is 0 Å².